The molecule has 0 radical (unpaired) electrons. The maximum atomic E-state index is 5.59. The largest absolute Gasteiger partial charge is 0.384 e. The maximum Gasteiger partial charge on any atom is 0.247 e. The van der Waals surface area contributed by atoms with E-state index in [2.05, 4.69) is 4.99 Å². The van der Waals surface area contributed by atoms with Gasteiger partial charge in [0.15, 0.2) is 0 Å². The van der Waals surface area contributed by atoms with Gasteiger partial charge in [-0.05, 0) is 12.5 Å². The summed E-state index contributed by atoms with van der Waals surface area (Å²) in [6.45, 7) is 1.89. The molecule has 1 aromatic carbocycles. The van der Waals surface area contributed by atoms with E-state index in [-0.39, 0.29) is 24.3 Å². The van der Waals surface area contributed by atoms with Gasteiger partial charge in [-0.3, -0.25) is 4.99 Å². The molecule has 0 aliphatic carbocycles. The molecule has 16 heavy (non-hydrogen) atoms. The summed E-state index contributed by atoms with van der Waals surface area (Å²) in [5.41, 5.74) is 6.57. The zero-order valence-electron chi connectivity index (χ0n) is 8.53. The van der Waals surface area contributed by atoms with Crippen LogP contribution in [0.2, 0.25) is 0 Å². The summed E-state index contributed by atoms with van der Waals surface area (Å²) in [5, 5.41) is 0. The molecule has 0 spiro atoms. The number of halogens is 4. The molecule has 0 aliphatic rings. The monoisotopic (exact) mass is 300 g/mol. The Kier molecular flexibility index (Phi) is 6.49. The minimum atomic E-state index is -1.64. The smallest absolute Gasteiger partial charge is 0.247 e. The molecule has 0 amide bonds. The second-order valence-electron chi connectivity index (χ2n) is 3.10. The number of benzene rings is 1. The average Bonchev–Trinajstić information content (AvgIpc) is 2.17. The topological polar surface area (TPSA) is 38.4 Å². The number of alkyl halides is 3. The Morgan fingerprint density at radius 1 is 1.25 bits per heavy atom. The Hall–Kier alpha value is -0.150. The van der Waals surface area contributed by atoms with Crippen molar-refractivity contribution in [2.75, 3.05) is 0 Å². The van der Waals surface area contributed by atoms with Crippen LogP contribution in [-0.4, -0.2) is 9.63 Å². The minimum absolute atomic E-state index is 0. The summed E-state index contributed by atoms with van der Waals surface area (Å²) < 4.78 is -1.64. The van der Waals surface area contributed by atoms with E-state index < -0.39 is 3.79 Å². The summed E-state index contributed by atoms with van der Waals surface area (Å²) in [6.07, 6.45) is 0. The van der Waals surface area contributed by atoms with Gasteiger partial charge in [-0.25, -0.2) is 0 Å². The lowest BCUT2D eigenvalue weighted by molar-refractivity contribution is 0.815. The molecule has 2 nitrogen and oxygen atoms in total. The Balaban J connectivity index is 0.00000225. The molecule has 0 saturated heterocycles. The Morgan fingerprint density at radius 3 is 2.19 bits per heavy atom. The van der Waals surface area contributed by atoms with Gasteiger partial charge in [0.1, 0.15) is 5.84 Å². The third-order valence-corrected chi connectivity index (χ3v) is 2.49. The molecule has 0 saturated carbocycles. The zero-order valence-corrected chi connectivity index (χ0v) is 11.6. The van der Waals surface area contributed by atoms with Crippen molar-refractivity contribution in [2.45, 2.75) is 16.8 Å². The number of hydrogen-bond acceptors (Lipinski definition) is 1. The first kappa shape index (κ1) is 15.9. The standard InChI is InChI=1S/C10H11Cl3N2.ClH/c1-7(8-5-3-2-4-6-8)15-9(14)10(11,12)13;/h2-7H,1H3,(H2,14,15);1H/t7-;/m1./s1. The molecule has 0 fully saturated rings. The molecule has 90 valence electrons. The van der Waals surface area contributed by atoms with Gasteiger partial charge in [0.2, 0.25) is 3.79 Å². The van der Waals surface area contributed by atoms with E-state index in [1.165, 1.54) is 0 Å². The van der Waals surface area contributed by atoms with Crippen LogP contribution < -0.4 is 5.73 Å². The zero-order chi connectivity index (χ0) is 11.5. The van der Waals surface area contributed by atoms with E-state index in [9.17, 15) is 0 Å². The third-order valence-electron chi connectivity index (χ3n) is 1.91. The minimum Gasteiger partial charge on any atom is -0.384 e. The van der Waals surface area contributed by atoms with Crippen LogP contribution >= 0.6 is 47.2 Å². The second-order valence-corrected chi connectivity index (χ2v) is 5.38. The molecule has 2 N–H and O–H groups in total. The highest BCUT2D eigenvalue weighted by molar-refractivity contribution is 6.76. The molecular weight excluding hydrogens is 290 g/mol. The van der Waals surface area contributed by atoms with Gasteiger partial charge < -0.3 is 5.73 Å². The van der Waals surface area contributed by atoms with Crippen LogP contribution in [0.3, 0.4) is 0 Å². The molecule has 1 aromatic rings. The van der Waals surface area contributed by atoms with Crippen LogP contribution in [0.5, 0.6) is 0 Å². The van der Waals surface area contributed by atoms with Gasteiger partial charge in [-0.1, -0.05) is 65.1 Å². The van der Waals surface area contributed by atoms with Crippen LogP contribution in [-0.2, 0) is 0 Å². The van der Waals surface area contributed by atoms with Crippen molar-refractivity contribution in [3.8, 4) is 0 Å². The highest BCUT2D eigenvalue weighted by atomic mass is 35.6. The Morgan fingerprint density at radius 2 is 1.75 bits per heavy atom. The fourth-order valence-electron chi connectivity index (χ4n) is 1.09. The van der Waals surface area contributed by atoms with Gasteiger partial charge in [0, 0.05) is 0 Å². The Labute approximate surface area is 116 Å². The van der Waals surface area contributed by atoms with Crippen molar-refractivity contribution in [3.05, 3.63) is 35.9 Å². The van der Waals surface area contributed by atoms with E-state index in [1.54, 1.807) is 0 Å². The van der Waals surface area contributed by atoms with E-state index >= 15 is 0 Å². The predicted octanol–water partition coefficient (Wildman–Crippen LogP) is 3.90. The molecular formula is C10H12Cl4N2. The van der Waals surface area contributed by atoms with Crippen molar-refractivity contribution in [1.29, 1.82) is 0 Å². The van der Waals surface area contributed by atoms with E-state index in [4.69, 9.17) is 40.5 Å². The summed E-state index contributed by atoms with van der Waals surface area (Å²) in [4.78, 5) is 4.12. The van der Waals surface area contributed by atoms with Gasteiger partial charge in [-0.15, -0.1) is 12.4 Å². The van der Waals surface area contributed by atoms with Crippen molar-refractivity contribution in [3.63, 3.8) is 0 Å². The number of nitrogens with zero attached hydrogens (tertiary/aromatic N) is 1. The summed E-state index contributed by atoms with van der Waals surface area (Å²) >= 11 is 16.8. The first-order chi connectivity index (χ1) is 6.91. The lowest BCUT2D eigenvalue weighted by Crippen LogP contribution is -2.28. The van der Waals surface area contributed by atoms with Crippen LogP contribution in [0.15, 0.2) is 35.3 Å². The van der Waals surface area contributed by atoms with Crippen molar-refractivity contribution in [2.24, 2.45) is 10.7 Å². The van der Waals surface area contributed by atoms with E-state index in [0.717, 1.165) is 5.56 Å². The average molecular weight is 302 g/mol. The van der Waals surface area contributed by atoms with E-state index in [1.807, 2.05) is 37.3 Å². The SMILES string of the molecule is C[C@@H](N=C(N)C(Cl)(Cl)Cl)c1ccccc1.Cl. The fraction of sp³-hybridized carbons (Fsp3) is 0.300. The molecule has 0 heterocycles. The number of aliphatic imine (C=N–C) groups is 1. The summed E-state index contributed by atoms with van der Waals surface area (Å²) in [7, 11) is 0. The van der Waals surface area contributed by atoms with Gasteiger partial charge in [-0.2, -0.15) is 0 Å². The lowest BCUT2D eigenvalue weighted by Gasteiger charge is -2.13. The van der Waals surface area contributed by atoms with Crippen LogP contribution in [0.1, 0.15) is 18.5 Å². The van der Waals surface area contributed by atoms with Gasteiger partial charge in [0.05, 0.1) is 6.04 Å². The lowest BCUT2D eigenvalue weighted by atomic mass is 10.1. The van der Waals surface area contributed by atoms with Crippen LogP contribution in [0.4, 0.5) is 0 Å². The Bertz CT molecular complexity index is 346. The molecule has 1 atom stereocenters. The molecule has 0 aliphatic heterocycles. The molecule has 0 unspecified atom stereocenters. The van der Waals surface area contributed by atoms with Gasteiger partial charge in [0.25, 0.3) is 0 Å². The molecule has 6 heteroatoms. The highest BCUT2D eigenvalue weighted by Gasteiger charge is 2.25. The van der Waals surface area contributed by atoms with E-state index in [0.29, 0.717) is 0 Å². The number of amidine groups is 1. The molecule has 0 bridgehead atoms. The number of hydrogen-bond donors (Lipinski definition) is 1. The molecule has 0 aromatic heterocycles. The normalized spacial score (nSPS) is 14.1. The summed E-state index contributed by atoms with van der Waals surface area (Å²) in [6, 6.07) is 9.54. The van der Waals surface area contributed by atoms with Gasteiger partial charge >= 0.3 is 0 Å². The van der Waals surface area contributed by atoms with Crippen molar-refractivity contribution in [1.82, 2.24) is 0 Å². The van der Waals surface area contributed by atoms with Crippen LogP contribution in [0, 0.1) is 0 Å². The third kappa shape index (κ3) is 4.79. The fourth-order valence-corrected chi connectivity index (χ4v) is 1.23. The highest BCUT2D eigenvalue weighted by Crippen LogP contribution is 2.28. The predicted molar refractivity (Wildman–Crippen MR) is 74.0 cm³/mol. The summed E-state index contributed by atoms with van der Waals surface area (Å²) in [5.74, 6) is 0.00357. The quantitative estimate of drug-likeness (QED) is 0.502. The first-order valence-electron chi connectivity index (χ1n) is 4.36. The second kappa shape index (κ2) is 6.55. The van der Waals surface area contributed by atoms with Crippen LogP contribution in [0.25, 0.3) is 0 Å². The number of nitrogens with two attached hydrogens (primary N) is 1. The van der Waals surface area contributed by atoms with Crippen molar-refractivity contribution < 1.29 is 0 Å². The maximum absolute atomic E-state index is 5.59. The van der Waals surface area contributed by atoms with Crippen molar-refractivity contribution >= 4 is 53.0 Å². The first-order valence-corrected chi connectivity index (χ1v) is 5.50. The number of rotatable bonds is 2. The molecule has 1 rings (SSSR count).